The van der Waals surface area contributed by atoms with Crippen LogP contribution in [0.2, 0.25) is 0 Å². The van der Waals surface area contributed by atoms with E-state index in [1.165, 1.54) is 0 Å². The Labute approximate surface area is 67.4 Å². The van der Waals surface area contributed by atoms with Crippen LogP contribution in [0.1, 0.15) is 20.8 Å². The van der Waals surface area contributed by atoms with Crippen LogP contribution < -0.4 is 5.32 Å². The van der Waals surface area contributed by atoms with Crippen molar-refractivity contribution in [3.8, 4) is 0 Å². The normalized spacial score (nSPS) is 11.6. The summed E-state index contributed by atoms with van der Waals surface area (Å²) in [6.45, 7) is 6.38. The Hall–Kier alpha value is -0.990. The summed E-state index contributed by atoms with van der Waals surface area (Å²) in [6.07, 6.45) is 3.79. The number of hydrogen-bond acceptors (Lipinski definition) is 2. The van der Waals surface area contributed by atoms with Gasteiger partial charge in [-0.2, -0.15) is 5.10 Å². The second-order valence-corrected chi connectivity index (χ2v) is 3.78. The molecule has 11 heavy (non-hydrogen) atoms. The van der Waals surface area contributed by atoms with Gasteiger partial charge >= 0.3 is 0 Å². The van der Waals surface area contributed by atoms with Crippen molar-refractivity contribution in [2.75, 3.05) is 5.32 Å². The van der Waals surface area contributed by atoms with E-state index in [0.29, 0.717) is 0 Å². The molecule has 3 nitrogen and oxygen atoms in total. The van der Waals surface area contributed by atoms with Gasteiger partial charge in [-0.3, -0.25) is 4.68 Å². The Morgan fingerprint density at radius 1 is 1.45 bits per heavy atom. The quantitative estimate of drug-likeness (QED) is 0.664. The molecule has 0 radical (unpaired) electrons. The van der Waals surface area contributed by atoms with Crippen LogP contribution >= 0.6 is 0 Å². The molecule has 0 fully saturated rings. The second kappa shape index (κ2) is 2.57. The first-order valence-corrected chi connectivity index (χ1v) is 3.74. The van der Waals surface area contributed by atoms with E-state index >= 15 is 0 Å². The molecule has 0 bridgehead atoms. The van der Waals surface area contributed by atoms with E-state index in [4.69, 9.17) is 0 Å². The largest absolute Gasteiger partial charge is 0.378 e. The maximum atomic E-state index is 4.05. The molecule has 1 N–H and O–H groups in total. The molecule has 1 aromatic heterocycles. The molecule has 3 heteroatoms. The first kappa shape index (κ1) is 8.11. The minimum Gasteiger partial charge on any atom is -0.378 e. The highest BCUT2D eigenvalue weighted by Gasteiger charge is 2.09. The molecule has 0 aliphatic rings. The third-order valence-corrected chi connectivity index (χ3v) is 1.22. The summed E-state index contributed by atoms with van der Waals surface area (Å²) in [5.74, 6) is 0. The smallest absolute Gasteiger partial charge is 0.0730 e. The van der Waals surface area contributed by atoms with E-state index in [-0.39, 0.29) is 5.54 Å². The Bertz CT molecular complexity index is 232. The van der Waals surface area contributed by atoms with E-state index in [2.05, 4.69) is 31.2 Å². The zero-order valence-electron chi connectivity index (χ0n) is 7.55. The summed E-state index contributed by atoms with van der Waals surface area (Å²) in [5.41, 5.74) is 1.18. The third-order valence-electron chi connectivity index (χ3n) is 1.22. The van der Waals surface area contributed by atoms with Gasteiger partial charge < -0.3 is 5.32 Å². The van der Waals surface area contributed by atoms with Gasteiger partial charge in [-0.25, -0.2) is 0 Å². The molecule has 1 heterocycles. The molecule has 0 aliphatic heterocycles. The van der Waals surface area contributed by atoms with E-state index in [1.54, 1.807) is 4.68 Å². The van der Waals surface area contributed by atoms with Crippen molar-refractivity contribution >= 4 is 5.69 Å². The molecular formula is C8H15N3. The Kier molecular flexibility index (Phi) is 1.89. The lowest BCUT2D eigenvalue weighted by atomic mass is 10.1. The number of aryl methyl sites for hydroxylation is 1. The van der Waals surface area contributed by atoms with Crippen LogP contribution in [0.5, 0.6) is 0 Å². The fourth-order valence-electron chi connectivity index (χ4n) is 0.919. The third kappa shape index (κ3) is 2.62. The molecule has 1 aromatic rings. The van der Waals surface area contributed by atoms with Gasteiger partial charge in [0.15, 0.2) is 0 Å². The summed E-state index contributed by atoms with van der Waals surface area (Å²) in [6, 6.07) is 0. The lowest BCUT2D eigenvalue weighted by Crippen LogP contribution is -2.25. The van der Waals surface area contributed by atoms with E-state index < -0.39 is 0 Å². The molecule has 0 amide bonds. The SMILES string of the molecule is Cn1cc(NC(C)(C)C)cn1. The van der Waals surface area contributed by atoms with Crippen LogP contribution in [0.3, 0.4) is 0 Å². The number of nitrogens with one attached hydrogen (secondary N) is 1. The molecule has 0 aliphatic carbocycles. The highest BCUT2D eigenvalue weighted by Crippen LogP contribution is 2.11. The predicted octanol–water partition coefficient (Wildman–Crippen LogP) is 1.63. The number of rotatable bonds is 1. The first-order valence-electron chi connectivity index (χ1n) is 3.74. The van der Waals surface area contributed by atoms with Crippen molar-refractivity contribution in [1.29, 1.82) is 0 Å². The zero-order valence-corrected chi connectivity index (χ0v) is 7.55. The maximum absolute atomic E-state index is 4.05. The molecule has 0 unspecified atom stereocenters. The summed E-state index contributed by atoms with van der Waals surface area (Å²) < 4.78 is 1.79. The summed E-state index contributed by atoms with van der Waals surface area (Å²) in [7, 11) is 1.91. The number of nitrogens with zero attached hydrogens (tertiary/aromatic N) is 2. The van der Waals surface area contributed by atoms with Crippen LogP contribution in [0.15, 0.2) is 12.4 Å². The fraction of sp³-hybridized carbons (Fsp3) is 0.625. The molecule has 0 aromatic carbocycles. The van der Waals surface area contributed by atoms with Gasteiger partial charge in [-0.15, -0.1) is 0 Å². The van der Waals surface area contributed by atoms with Crippen molar-refractivity contribution in [1.82, 2.24) is 9.78 Å². The predicted molar refractivity (Wildman–Crippen MR) is 46.6 cm³/mol. The summed E-state index contributed by atoms with van der Waals surface area (Å²) in [5, 5.41) is 7.37. The van der Waals surface area contributed by atoms with Gasteiger partial charge in [0.05, 0.1) is 11.9 Å². The van der Waals surface area contributed by atoms with Crippen LogP contribution in [-0.2, 0) is 7.05 Å². The zero-order chi connectivity index (χ0) is 8.48. The lowest BCUT2D eigenvalue weighted by Gasteiger charge is -2.20. The minimum absolute atomic E-state index is 0.114. The van der Waals surface area contributed by atoms with Gasteiger partial charge in [0.2, 0.25) is 0 Å². The molecule has 0 atom stereocenters. The highest BCUT2D eigenvalue weighted by atomic mass is 15.3. The molecule has 1 rings (SSSR count). The Balaban J connectivity index is 2.65. The van der Waals surface area contributed by atoms with E-state index in [0.717, 1.165) is 5.69 Å². The van der Waals surface area contributed by atoms with Gasteiger partial charge in [-0.1, -0.05) is 0 Å². The van der Waals surface area contributed by atoms with Crippen LogP contribution in [0.25, 0.3) is 0 Å². The van der Waals surface area contributed by atoms with E-state index in [9.17, 15) is 0 Å². The van der Waals surface area contributed by atoms with Crippen molar-refractivity contribution in [2.45, 2.75) is 26.3 Å². The Morgan fingerprint density at radius 2 is 2.09 bits per heavy atom. The van der Waals surface area contributed by atoms with Gasteiger partial charge in [-0.05, 0) is 20.8 Å². The number of hydrogen-bond donors (Lipinski definition) is 1. The molecule has 62 valence electrons. The first-order chi connectivity index (χ1) is 4.97. The van der Waals surface area contributed by atoms with Crippen molar-refractivity contribution in [2.24, 2.45) is 7.05 Å². The fourth-order valence-corrected chi connectivity index (χ4v) is 0.919. The van der Waals surface area contributed by atoms with Gasteiger partial charge in [0.25, 0.3) is 0 Å². The van der Waals surface area contributed by atoms with Crippen LogP contribution in [0.4, 0.5) is 5.69 Å². The summed E-state index contributed by atoms with van der Waals surface area (Å²) in [4.78, 5) is 0. The van der Waals surface area contributed by atoms with Crippen molar-refractivity contribution in [3.05, 3.63) is 12.4 Å². The van der Waals surface area contributed by atoms with Gasteiger partial charge in [0, 0.05) is 18.8 Å². The van der Waals surface area contributed by atoms with Crippen LogP contribution in [-0.4, -0.2) is 15.3 Å². The monoisotopic (exact) mass is 153 g/mol. The minimum atomic E-state index is 0.114. The highest BCUT2D eigenvalue weighted by molar-refractivity contribution is 5.40. The van der Waals surface area contributed by atoms with Crippen LogP contribution in [0, 0.1) is 0 Å². The molecule has 0 saturated carbocycles. The second-order valence-electron chi connectivity index (χ2n) is 3.78. The number of aromatic nitrogens is 2. The lowest BCUT2D eigenvalue weighted by molar-refractivity contribution is 0.634. The average Bonchev–Trinajstić information content (AvgIpc) is 2.10. The Morgan fingerprint density at radius 3 is 2.45 bits per heavy atom. The topological polar surface area (TPSA) is 29.9 Å². The van der Waals surface area contributed by atoms with Crippen molar-refractivity contribution in [3.63, 3.8) is 0 Å². The van der Waals surface area contributed by atoms with Gasteiger partial charge in [0.1, 0.15) is 0 Å². The summed E-state index contributed by atoms with van der Waals surface area (Å²) >= 11 is 0. The number of anilines is 1. The standard InChI is InChI=1S/C8H15N3/c1-8(2,3)10-7-5-9-11(4)6-7/h5-6,10H,1-4H3. The maximum Gasteiger partial charge on any atom is 0.0730 e. The molecular weight excluding hydrogens is 138 g/mol. The van der Waals surface area contributed by atoms with E-state index in [1.807, 2.05) is 19.4 Å². The molecule has 0 saturated heterocycles. The average molecular weight is 153 g/mol. The van der Waals surface area contributed by atoms with Crippen molar-refractivity contribution < 1.29 is 0 Å². The molecule has 0 spiro atoms.